The van der Waals surface area contributed by atoms with Gasteiger partial charge in [0.1, 0.15) is 0 Å². The molecular formula is C11H12N2O. The Morgan fingerprint density at radius 3 is 3.07 bits per heavy atom. The van der Waals surface area contributed by atoms with Gasteiger partial charge in [-0.1, -0.05) is 13.0 Å². The topological polar surface area (TPSA) is 37.5 Å². The number of pyridine rings is 1. The zero-order chi connectivity index (χ0) is 9.76. The third kappa shape index (κ3) is 0.876. The van der Waals surface area contributed by atoms with Crippen molar-refractivity contribution in [1.82, 2.24) is 9.61 Å². The van der Waals surface area contributed by atoms with Crippen molar-refractivity contribution in [2.24, 2.45) is 5.92 Å². The van der Waals surface area contributed by atoms with Crippen LogP contribution in [0.1, 0.15) is 18.9 Å². The zero-order valence-electron chi connectivity index (χ0n) is 8.01. The van der Waals surface area contributed by atoms with Gasteiger partial charge in [-0.15, -0.1) is 0 Å². The highest BCUT2D eigenvalue weighted by atomic mass is 16.3. The summed E-state index contributed by atoms with van der Waals surface area (Å²) in [5, 5.41) is 14.4. The SMILES string of the molecule is CC1CC1(O)c1cnn2ccccc12. The van der Waals surface area contributed by atoms with E-state index in [2.05, 4.69) is 12.0 Å². The molecule has 1 fully saturated rings. The van der Waals surface area contributed by atoms with Gasteiger partial charge in [-0.2, -0.15) is 5.10 Å². The molecule has 3 rings (SSSR count). The van der Waals surface area contributed by atoms with Gasteiger partial charge in [-0.3, -0.25) is 0 Å². The molecule has 2 heterocycles. The quantitative estimate of drug-likeness (QED) is 0.737. The van der Waals surface area contributed by atoms with Crippen molar-refractivity contribution in [2.45, 2.75) is 18.9 Å². The van der Waals surface area contributed by atoms with Crippen molar-refractivity contribution in [2.75, 3.05) is 0 Å². The van der Waals surface area contributed by atoms with Gasteiger partial charge in [0, 0.05) is 11.8 Å². The molecule has 2 aromatic rings. The van der Waals surface area contributed by atoms with Crippen LogP contribution in [0.5, 0.6) is 0 Å². The van der Waals surface area contributed by atoms with E-state index in [4.69, 9.17) is 0 Å². The fraction of sp³-hybridized carbons (Fsp3) is 0.364. The average Bonchev–Trinajstić information content (AvgIpc) is 2.67. The van der Waals surface area contributed by atoms with E-state index >= 15 is 0 Å². The predicted octanol–water partition coefficient (Wildman–Crippen LogP) is 1.56. The predicted molar refractivity (Wildman–Crippen MR) is 52.9 cm³/mol. The summed E-state index contributed by atoms with van der Waals surface area (Å²) in [5.74, 6) is 0.357. The molecule has 1 aliphatic carbocycles. The third-order valence-corrected chi connectivity index (χ3v) is 3.17. The van der Waals surface area contributed by atoms with E-state index in [1.54, 1.807) is 10.7 Å². The second kappa shape index (κ2) is 2.36. The largest absolute Gasteiger partial charge is 0.385 e. The van der Waals surface area contributed by atoms with E-state index in [1.807, 2.05) is 24.4 Å². The molecule has 1 saturated carbocycles. The molecule has 2 aromatic heterocycles. The van der Waals surface area contributed by atoms with E-state index in [1.165, 1.54) is 0 Å². The molecule has 0 aliphatic heterocycles. The number of aromatic nitrogens is 2. The summed E-state index contributed by atoms with van der Waals surface area (Å²) in [6, 6.07) is 5.90. The minimum Gasteiger partial charge on any atom is -0.385 e. The Kier molecular flexibility index (Phi) is 1.35. The van der Waals surface area contributed by atoms with E-state index in [9.17, 15) is 5.11 Å². The number of hydrogen-bond acceptors (Lipinski definition) is 2. The van der Waals surface area contributed by atoms with Crippen molar-refractivity contribution in [3.63, 3.8) is 0 Å². The van der Waals surface area contributed by atoms with Crippen LogP contribution in [0.25, 0.3) is 5.52 Å². The van der Waals surface area contributed by atoms with Crippen LogP contribution < -0.4 is 0 Å². The Bertz CT molecular complexity index is 491. The van der Waals surface area contributed by atoms with Gasteiger partial charge < -0.3 is 5.11 Å². The lowest BCUT2D eigenvalue weighted by Crippen LogP contribution is -2.06. The average molecular weight is 188 g/mol. The smallest absolute Gasteiger partial charge is 0.0963 e. The monoisotopic (exact) mass is 188 g/mol. The molecule has 0 radical (unpaired) electrons. The molecule has 0 aromatic carbocycles. The van der Waals surface area contributed by atoms with E-state index in [0.717, 1.165) is 17.5 Å². The van der Waals surface area contributed by atoms with Gasteiger partial charge in [-0.25, -0.2) is 4.52 Å². The van der Waals surface area contributed by atoms with E-state index in [-0.39, 0.29) is 0 Å². The Labute approximate surface area is 82.0 Å². The maximum absolute atomic E-state index is 10.2. The highest BCUT2D eigenvalue weighted by Crippen LogP contribution is 2.52. The molecule has 3 nitrogen and oxygen atoms in total. The summed E-state index contributed by atoms with van der Waals surface area (Å²) in [4.78, 5) is 0. The van der Waals surface area contributed by atoms with Gasteiger partial charge in [-0.05, 0) is 24.5 Å². The number of rotatable bonds is 1. The molecule has 3 heteroatoms. The summed E-state index contributed by atoms with van der Waals surface area (Å²) in [6.45, 7) is 2.06. The number of fused-ring (bicyclic) bond motifs is 1. The van der Waals surface area contributed by atoms with Gasteiger partial charge in [0.15, 0.2) is 0 Å². The first-order valence-corrected chi connectivity index (χ1v) is 4.87. The van der Waals surface area contributed by atoms with Crippen LogP contribution in [0.3, 0.4) is 0 Å². The molecule has 14 heavy (non-hydrogen) atoms. The van der Waals surface area contributed by atoms with Crippen LogP contribution in [0.15, 0.2) is 30.6 Å². The second-order valence-corrected chi connectivity index (χ2v) is 4.12. The third-order valence-electron chi connectivity index (χ3n) is 3.17. The maximum atomic E-state index is 10.2. The molecule has 0 amide bonds. The highest BCUT2D eigenvalue weighted by molar-refractivity contribution is 5.57. The summed E-state index contributed by atoms with van der Waals surface area (Å²) < 4.78 is 1.80. The number of nitrogens with zero attached hydrogens (tertiary/aromatic N) is 2. The number of aliphatic hydroxyl groups is 1. The summed E-state index contributed by atoms with van der Waals surface area (Å²) in [5.41, 5.74) is 1.35. The van der Waals surface area contributed by atoms with E-state index in [0.29, 0.717) is 5.92 Å². The molecule has 1 N–H and O–H groups in total. The van der Waals surface area contributed by atoms with Crippen LogP contribution in [0, 0.1) is 5.92 Å². The minimum absolute atomic E-state index is 0.357. The van der Waals surface area contributed by atoms with Crippen LogP contribution in [-0.2, 0) is 5.60 Å². The molecule has 72 valence electrons. The van der Waals surface area contributed by atoms with Crippen LogP contribution in [0.2, 0.25) is 0 Å². The molecule has 0 bridgehead atoms. The van der Waals surface area contributed by atoms with Crippen molar-refractivity contribution >= 4 is 5.52 Å². The highest BCUT2D eigenvalue weighted by Gasteiger charge is 2.52. The normalized spacial score (nSPS) is 30.9. The van der Waals surface area contributed by atoms with Gasteiger partial charge in [0.05, 0.1) is 17.3 Å². The van der Waals surface area contributed by atoms with Crippen LogP contribution >= 0.6 is 0 Å². The number of hydrogen-bond donors (Lipinski definition) is 1. The fourth-order valence-electron chi connectivity index (χ4n) is 2.05. The molecule has 0 spiro atoms. The van der Waals surface area contributed by atoms with Crippen molar-refractivity contribution in [1.29, 1.82) is 0 Å². The van der Waals surface area contributed by atoms with Crippen LogP contribution in [0.4, 0.5) is 0 Å². The van der Waals surface area contributed by atoms with Crippen molar-refractivity contribution in [3.05, 3.63) is 36.2 Å². The maximum Gasteiger partial charge on any atom is 0.0963 e. The van der Waals surface area contributed by atoms with Crippen molar-refractivity contribution in [3.8, 4) is 0 Å². The van der Waals surface area contributed by atoms with Gasteiger partial charge in [0.2, 0.25) is 0 Å². The molecular weight excluding hydrogens is 176 g/mol. The summed E-state index contributed by atoms with van der Waals surface area (Å²) in [6.07, 6.45) is 4.53. The van der Waals surface area contributed by atoms with Crippen molar-refractivity contribution < 1.29 is 5.11 Å². The van der Waals surface area contributed by atoms with Gasteiger partial charge >= 0.3 is 0 Å². The Morgan fingerprint density at radius 2 is 2.36 bits per heavy atom. The molecule has 1 aliphatic rings. The lowest BCUT2D eigenvalue weighted by Gasteiger charge is -2.06. The lowest BCUT2D eigenvalue weighted by atomic mass is 10.1. The second-order valence-electron chi connectivity index (χ2n) is 4.12. The Balaban J connectivity index is 2.23. The first kappa shape index (κ1) is 8.00. The van der Waals surface area contributed by atoms with E-state index < -0.39 is 5.60 Å². The Morgan fingerprint density at radius 1 is 1.57 bits per heavy atom. The standard InChI is InChI=1S/C11H12N2O/c1-8-6-11(8,14)9-7-12-13-5-3-2-4-10(9)13/h2-5,7-8,14H,6H2,1H3. The van der Waals surface area contributed by atoms with Gasteiger partial charge in [0.25, 0.3) is 0 Å². The summed E-state index contributed by atoms with van der Waals surface area (Å²) in [7, 11) is 0. The first-order chi connectivity index (χ1) is 6.72. The zero-order valence-corrected chi connectivity index (χ0v) is 8.01. The molecule has 2 atom stereocenters. The minimum atomic E-state index is -0.622. The Hall–Kier alpha value is -1.35. The molecule has 0 saturated heterocycles. The summed E-state index contributed by atoms with van der Waals surface area (Å²) >= 11 is 0. The fourth-order valence-corrected chi connectivity index (χ4v) is 2.05. The lowest BCUT2D eigenvalue weighted by molar-refractivity contribution is 0.136. The molecule has 2 unspecified atom stereocenters. The van der Waals surface area contributed by atoms with Crippen LogP contribution in [-0.4, -0.2) is 14.7 Å². The first-order valence-electron chi connectivity index (χ1n) is 4.87.